The van der Waals surface area contributed by atoms with Gasteiger partial charge < -0.3 is 20.4 Å². The molecule has 0 fully saturated rings. The largest absolute Gasteiger partial charge is 0.450 e. The van der Waals surface area contributed by atoms with Crippen LogP contribution in [0.25, 0.3) is 17.1 Å². The van der Waals surface area contributed by atoms with Crippen LogP contribution in [0.4, 0.5) is 10.6 Å². The number of ether oxygens (including phenoxy) is 1. The van der Waals surface area contributed by atoms with E-state index in [4.69, 9.17) is 22.1 Å². The molecular formula is C27H36ClN5O2. The third-order valence-corrected chi connectivity index (χ3v) is 6.04. The van der Waals surface area contributed by atoms with Gasteiger partial charge in [-0.2, -0.15) is 0 Å². The highest BCUT2D eigenvalue weighted by Gasteiger charge is 2.09. The summed E-state index contributed by atoms with van der Waals surface area (Å²) in [7, 11) is 0. The normalized spacial score (nSPS) is 11.6. The molecule has 35 heavy (non-hydrogen) atoms. The number of nitrogens with zero attached hydrogens (tertiary/aromatic N) is 3. The van der Waals surface area contributed by atoms with Gasteiger partial charge in [0.25, 0.3) is 0 Å². The van der Waals surface area contributed by atoms with Gasteiger partial charge in [0.1, 0.15) is 10.7 Å². The topological polar surface area (TPSA) is 95.1 Å². The molecule has 0 saturated carbocycles. The quantitative estimate of drug-likeness (QED) is 0.223. The number of nitrogen functional groups attached to an aromatic ring is 1. The van der Waals surface area contributed by atoms with Gasteiger partial charge in [0.15, 0.2) is 5.82 Å². The molecule has 0 bridgehead atoms. The molecule has 8 heteroatoms. The maximum Gasteiger partial charge on any atom is 0.407 e. The number of pyridine rings is 1. The summed E-state index contributed by atoms with van der Waals surface area (Å²) in [5.41, 5.74) is 11.0. The van der Waals surface area contributed by atoms with Crippen LogP contribution in [0.1, 0.15) is 63.1 Å². The highest BCUT2D eigenvalue weighted by atomic mass is 35.5. The first kappa shape index (κ1) is 26.5. The zero-order valence-electron chi connectivity index (χ0n) is 20.9. The van der Waals surface area contributed by atoms with Gasteiger partial charge in [0, 0.05) is 19.2 Å². The van der Waals surface area contributed by atoms with Crippen molar-refractivity contribution in [1.29, 1.82) is 0 Å². The molecule has 3 N–H and O–H groups in total. The van der Waals surface area contributed by atoms with Gasteiger partial charge in [-0.05, 0) is 55.2 Å². The summed E-state index contributed by atoms with van der Waals surface area (Å²) in [6.45, 7) is 8.06. The summed E-state index contributed by atoms with van der Waals surface area (Å²) < 4.78 is 7.34. The Morgan fingerprint density at radius 3 is 2.86 bits per heavy atom. The minimum absolute atomic E-state index is 0.324. The van der Waals surface area contributed by atoms with Crippen molar-refractivity contribution in [2.75, 3.05) is 12.3 Å². The fourth-order valence-corrected chi connectivity index (χ4v) is 4.23. The number of aryl methyl sites for hydroxylation is 2. The second kappa shape index (κ2) is 13.1. The monoisotopic (exact) mass is 497 g/mol. The van der Waals surface area contributed by atoms with Crippen molar-refractivity contribution in [3.8, 4) is 0 Å². The molecule has 0 aliphatic rings. The molecule has 0 atom stereocenters. The predicted octanol–water partition coefficient (Wildman–Crippen LogP) is 6.39. The number of allylic oxidation sites excluding steroid dienone is 1. The fraction of sp³-hybridized carbons (Fsp3) is 0.444. The molecule has 0 aliphatic carbocycles. The summed E-state index contributed by atoms with van der Waals surface area (Å²) in [5, 5.41) is 3.21. The Kier molecular flexibility index (Phi) is 9.97. The van der Waals surface area contributed by atoms with Crippen LogP contribution in [0, 0.1) is 5.92 Å². The fourth-order valence-electron chi connectivity index (χ4n) is 4.03. The number of hydrogen-bond donors (Lipinski definition) is 2. The van der Waals surface area contributed by atoms with Crippen LogP contribution >= 0.6 is 11.6 Å². The number of carbonyl (C=O) groups is 1. The van der Waals surface area contributed by atoms with Crippen LogP contribution in [-0.2, 0) is 24.2 Å². The Morgan fingerprint density at radius 1 is 1.26 bits per heavy atom. The lowest BCUT2D eigenvalue weighted by Gasteiger charge is -2.12. The molecule has 0 unspecified atom stereocenters. The van der Waals surface area contributed by atoms with Crippen LogP contribution in [0.5, 0.6) is 0 Å². The highest BCUT2D eigenvalue weighted by molar-refractivity contribution is 6.30. The number of unbranched alkanes of at least 4 members (excludes halogenated alkanes) is 1. The Morgan fingerprint density at radius 2 is 2.09 bits per heavy atom. The average Bonchev–Trinajstić information content (AvgIpc) is 3.21. The number of amides is 1. The Hall–Kier alpha value is -3.06. The lowest BCUT2D eigenvalue weighted by Crippen LogP contribution is -2.24. The molecule has 7 nitrogen and oxygen atoms in total. The zero-order chi connectivity index (χ0) is 25.2. The van der Waals surface area contributed by atoms with E-state index in [1.807, 2.05) is 11.5 Å². The minimum Gasteiger partial charge on any atom is -0.450 e. The first-order chi connectivity index (χ1) is 16.9. The van der Waals surface area contributed by atoms with Crippen molar-refractivity contribution in [2.45, 2.75) is 66.0 Å². The zero-order valence-corrected chi connectivity index (χ0v) is 21.6. The molecule has 0 saturated heterocycles. The van der Waals surface area contributed by atoms with Crippen molar-refractivity contribution in [1.82, 2.24) is 19.9 Å². The number of anilines is 1. The second-order valence-corrected chi connectivity index (χ2v) is 9.54. The Bertz CT molecular complexity index is 1160. The predicted molar refractivity (Wildman–Crippen MR) is 143 cm³/mol. The van der Waals surface area contributed by atoms with Crippen molar-refractivity contribution < 1.29 is 9.53 Å². The number of nitrogens with one attached hydrogen (secondary N) is 1. The van der Waals surface area contributed by atoms with E-state index in [1.165, 1.54) is 17.5 Å². The number of aromatic nitrogens is 3. The first-order valence-corrected chi connectivity index (χ1v) is 12.7. The summed E-state index contributed by atoms with van der Waals surface area (Å²) in [4.78, 5) is 20.5. The van der Waals surface area contributed by atoms with Crippen LogP contribution < -0.4 is 11.1 Å². The van der Waals surface area contributed by atoms with Gasteiger partial charge in [-0.3, -0.25) is 0 Å². The maximum atomic E-state index is 12.2. The molecule has 3 aromatic rings. The van der Waals surface area contributed by atoms with Gasteiger partial charge in [0.05, 0.1) is 18.5 Å². The molecular weight excluding hydrogens is 462 g/mol. The number of fused-ring (bicyclic) bond motifs is 1. The van der Waals surface area contributed by atoms with E-state index in [-0.39, 0.29) is 0 Å². The third kappa shape index (κ3) is 7.99. The van der Waals surface area contributed by atoms with E-state index in [1.54, 1.807) is 12.4 Å². The van der Waals surface area contributed by atoms with Crippen LogP contribution in [0.3, 0.4) is 0 Å². The van der Waals surface area contributed by atoms with Crippen LogP contribution in [-0.4, -0.2) is 27.2 Å². The van der Waals surface area contributed by atoms with Crippen molar-refractivity contribution in [2.24, 2.45) is 5.92 Å². The average molecular weight is 498 g/mol. The number of nitrogens with two attached hydrogens (primary N) is 1. The molecule has 188 valence electrons. The van der Waals surface area contributed by atoms with E-state index < -0.39 is 6.09 Å². The lowest BCUT2D eigenvalue weighted by atomic mass is 9.96. The molecule has 2 heterocycles. The summed E-state index contributed by atoms with van der Waals surface area (Å²) >= 11 is 6.01. The molecule has 1 amide bonds. The molecule has 0 spiro atoms. The maximum absolute atomic E-state index is 12.2. The number of alkyl carbamates (subject to hydrolysis) is 1. The third-order valence-electron chi connectivity index (χ3n) is 5.85. The van der Waals surface area contributed by atoms with Gasteiger partial charge in [-0.15, -0.1) is 0 Å². The smallest absolute Gasteiger partial charge is 0.407 e. The second-order valence-electron chi connectivity index (χ2n) is 9.15. The first-order valence-electron chi connectivity index (χ1n) is 12.3. The molecule has 0 aliphatic heterocycles. The minimum atomic E-state index is -0.400. The number of imidazole rings is 1. The number of carbonyl (C=O) groups excluding carboxylic acids is 1. The van der Waals surface area contributed by atoms with E-state index in [9.17, 15) is 4.79 Å². The van der Waals surface area contributed by atoms with Crippen molar-refractivity contribution in [3.05, 3.63) is 58.5 Å². The van der Waals surface area contributed by atoms with E-state index in [2.05, 4.69) is 59.5 Å². The van der Waals surface area contributed by atoms with E-state index in [0.717, 1.165) is 43.3 Å². The van der Waals surface area contributed by atoms with Crippen molar-refractivity contribution >= 4 is 40.6 Å². The molecule has 0 radical (unpaired) electrons. The van der Waals surface area contributed by atoms with Crippen LogP contribution in [0.15, 0.2) is 36.7 Å². The van der Waals surface area contributed by atoms with Crippen molar-refractivity contribution in [3.63, 3.8) is 0 Å². The van der Waals surface area contributed by atoms with Gasteiger partial charge in [-0.25, -0.2) is 14.8 Å². The van der Waals surface area contributed by atoms with E-state index >= 15 is 0 Å². The van der Waals surface area contributed by atoms with Gasteiger partial charge in [-0.1, -0.05) is 62.2 Å². The standard InChI is InChI=1S/C27H36ClN5O2/c1-4-8-21-12-11-20(15-22(21)10-7-9-19(2)3)17-30-27(34)35-14-6-5-13-33-18-31-25-23(33)16-24(28)32-26(25)29/h4,8,11-12,15-16,18-19H,5-7,9-10,13-14,17H2,1-3H3,(H2,29,32)(H,30,34)/b8-4-. The van der Waals surface area contributed by atoms with Gasteiger partial charge >= 0.3 is 6.09 Å². The Labute approximate surface area is 212 Å². The summed E-state index contributed by atoms with van der Waals surface area (Å²) in [6, 6.07) is 8.14. The summed E-state index contributed by atoms with van der Waals surface area (Å²) in [6.07, 6.45) is 10.5. The molecule has 3 rings (SSSR count). The summed E-state index contributed by atoms with van der Waals surface area (Å²) in [5.74, 6) is 1.03. The number of halogens is 1. The lowest BCUT2D eigenvalue weighted by molar-refractivity contribution is 0.143. The number of rotatable bonds is 12. The Balaban J connectivity index is 1.41. The number of benzene rings is 1. The highest BCUT2D eigenvalue weighted by Crippen LogP contribution is 2.22. The van der Waals surface area contributed by atoms with Gasteiger partial charge in [0.2, 0.25) is 0 Å². The van der Waals surface area contributed by atoms with Crippen LogP contribution in [0.2, 0.25) is 5.15 Å². The molecule has 1 aromatic carbocycles. The SMILES string of the molecule is C/C=C\c1ccc(CNC(=O)OCCCCn2cnc3c(N)nc(Cl)cc32)cc1CCCC(C)C. The number of hydrogen-bond acceptors (Lipinski definition) is 5. The molecule has 2 aromatic heterocycles. The van der Waals surface area contributed by atoms with E-state index in [0.29, 0.717) is 35.6 Å².